The van der Waals surface area contributed by atoms with Crippen LogP contribution in [0, 0.1) is 0 Å². The summed E-state index contributed by atoms with van der Waals surface area (Å²) in [6.07, 6.45) is 1.81. The van der Waals surface area contributed by atoms with Crippen LogP contribution < -0.4 is 0 Å². The van der Waals surface area contributed by atoms with Gasteiger partial charge in [-0.1, -0.05) is 29.3 Å². The molecular weight excluding hydrogens is 323 g/mol. The van der Waals surface area contributed by atoms with Crippen molar-refractivity contribution < 1.29 is 9.90 Å². The molecule has 122 valence electrons. The first kappa shape index (κ1) is 17.5. The lowest BCUT2D eigenvalue weighted by atomic mass is 9.92. The van der Waals surface area contributed by atoms with Gasteiger partial charge < -0.3 is 14.9 Å². The number of likely N-dealkylation sites (tertiary alicyclic amines) is 1. The highest BCUT2D eigenvalue weighted by molar-refractivity contribution is 6.42. The number of rotatable bonds is 4. The number of β-amino-alcohol motifs (C(OH)–C–C–N with tert-alkyl or cyclic N) is 1. The van der Waals surface area contributed by atoms with E-state index in [1.54, 1.807) is 17.0 Å². The van der Waals surface area contributed by atoms with Crippen molar-refractivity contribution in [3.63, 3.8) is 0 Å². The fourth-order valence-corrected chi connectivity index (χ4v) is 3.30. The van der Waals surface area contributed by atoms with Crippen molar-refractivity contribution in [2.75, 3.05) is 33.7 Å². The molecule has 1 fully saturated rings. The van der Waals surface area contributed by atoms with Gasteiger partial charge in [0.2, 0.25) is 5.91 Å². The van der Waals surface area contributed by atoms with E-state index in [0.717, 1.165) is 18.4 Å². The average molecular weight is 345 g/mol. The fourth-order valence-electron chi connectivity index (χ4n) is 2.98. The van der Waals surface area contributed by atoms with E-state index >= 15 is 0 Å². The fraction of sp³-hybridized carbons (Fsp3) is 0.562. The van der Waals surface area contributed by atoms with Gasteiger partial charge in [0.05, 0.1) is 28.6 Å². The minimum absolute atomic E-state index is 0.00951. The first-order valence-electron chi connectivity index (χ1n) is 7.38. The van der Waals surface area contributed by atoms with Gasteiger partial charge in [-0.05, 0) is 44.6 Å². The van der Waals surface area contributed by atoms with E-state index in [0.29, 0.717) is 29.7 Å². The zero-order valence-corrected chi connectivity index (χ0v) is 14.5. The minimum Gasteiger partial charge on any atom is -0.387 e. The highest BCUT2D eigenvalue weighted by Gasteiger charge is 2.35. The predicted molar refractivity (Wildman–Crippen MR) is 89.5 cm³/mol. The summed E-state index contributed by atoms with van der Waals surface area (Å²) in [5, 5.41) is 11.6. The second kappa shape index (κ2) is 7.18. The van der Waals surface area contributed by atoms with Crippen LogP contribution in [0.3, 0.4) is 0 Å². The lowest BCUT2D eigenvalue weighted by Gasteiger charge is -2.40. The van der Waals surface area contributed by atoms with Crippen LogP contribution in [0.5, 0.6) is 0 Å². The third kappa shape index (κ3) is 4.59. The summed E-state index contributed by atoms with van der Waals surface area (Å²) in [4.78, 5) is 16.2. The Morgan fingerprint density at radius 2 is 2.09 bits per heavy atom. The maximum Gasteiger partial charge on any atom is 0.227 e. The number of benzene rings is 1. The van der Waals surface area contributed by atoms with Gasteiger partial charge in [0.1, 0.15) is 0 Å². The summed E-state index contributed by atoms with van der Waals surface area (Å²) in [7, 11) is 3.85. The van der Waals surface area contributed by atoms with Gasteiger partial charge in [-0.15, -0.1) is 0 Å². The zero-order valence-electron chi connectivity index (χ0n) is 13.0. The second-order valence-electron chi connectivity index (χ2n) is 6.31. The molecule has 2 rings (SSSR count). The van der Waals surface area contributed by atoms with Crippen molar-refractivity contribution in [3.05, 3.63) is 33.8 Å². The number of carbonyl (C=O) groups excluding carboxylic acids is 1. The van der Waals surface area contributed by atoms with Crippen LogP contribution in [0.2, 0.25) is 10.0 Å². The van der Waals surface area contributed by atoms with Crippen molar-refractivity contribution in [1.82, 2.24) is 9.80 Å². The maximum absolute atomic E-state index is 12.5. The summed E-state index contributed by atoms with van der Waals surface area (Å²) >= 11 is 11.9. The molecule has 0 unspecified atom stereocenters. The van der Waals surface area contributed by atoms with E-state index in [-0.39, 0.29) is 12.3 Å². The largest absolute Gasteiger partial charge is 0.387 e. The number of halogens is 2. The molecule has 0 bridgehead atoms. The monoisotopic (exact) mass is 344 g/mol. The Bertz CT molecular complexity index is 551. The SMILES string of the molecule is CN(C)C[C@@]1(O)CCCN(C(=O)Cc2ccc(Cl)c(Cl)c2)C1. The third-order valence-corrected chi connectivity index (χ3v) is 4.60. The van der Waals surface area contributed by atoms with E-state index < -0.39 is 5.60 Å². The predicted octanol–water partition coefficient (Wildman–Crippen LogP) is 2.45. The van der Waals surface area contributed by atoms with Crippen LogP contribution in [0.15, 0.2) is 18.2 Å². The highest BCUT2D eigenvalue weighted by Crippen LogP contribution is 2.25. The molecule has 0 aromatic heterocycles. The van der Waals surface area contributed by atoms with Gasteiger partial charge in [-0.25, -0.2) is 0 Å². The van der Waals surface area contributed by atoms with Crippen LogP contribution in [0.1, 0.15) is 18.4 Å². The van der Waals surface area contributed by atoms with E-state index in [2.05, 4.69) is 0 Å². The Morgan fingerprint density at radius 3 is 2.73 bits per heavy atom. The first-order chi connectivity index (χ1) is 10.3. The molecule has 22 heavy (non-hydrogen) atoms. The lowest BCUT2D eigenvalue weighted by molar-refractivity contribution is -0.138. The molecule has 4 nitrogen and oxygen atoms in total. The molecule has 1 aromatic carbocycles. The van der Waals surface area contributed by atoms with Crippen molar-refractivity contribution in [3.8, 4) is 0 Å². The van der Waals surface area contributed by atoms with Gasteiger partial charge >= 0.3 is 0 Å². The Hall–Kier alpha value is -0.810. The quantitative estimate of drug-likeness (QED) is 0.912. The molecule has 1 heterocycles. The van der Waals surface area contributed by atoms with Crippen LogP contribution in [0.4, 0.5) is 0 Å². The number of nitrogens with zero attached hydrogens (tertiary/aromatic N) is 2. The molecule has 1 N–H and O–H groups in total. The summed E-state index contributed by atoms with van der Waals surface area (Å²) in [6.45, 7) is 1.63. The molecule has 0 spiro atoms. The van der Waals surface area contributed by atoms with Crippen LogP contribution in [-0.2, 0) is 11.2 Å². The molecule has 0 radical (unpaired) electrons. The van der Waals surface area contributed by atoms with E-state index in [1.165, 1.54) is 0 Å². The molecule has 1 aliphatic heterocycles. The van der Waals surface area contributed by atoms with Gasteiger partial charge in [0, 0.05) is 13.1 Å². The van der Waals surface area contributed by atoms with Gasteiger partial charge in [-0.3, -0.25) is 4.79 Å². The van der Waals surface area contributed by atoms with Crippen molar-refractivity contribution in [2.24, 2.45) is 0 Å². The van der Waals surface area contributed by atoms with Gasteiger partial charge in [0.15, 0.2) is 0 Å². The lowest BCUT2D eigenvalue weighted by Crippen LogP contribution is -2.55. The van der Waals surface area contributed by atoms with E-state index in [1.807, 2.05) is 25.1 Å². The van der Waals surface area contributed by atoms with Crippen molar-refractivity contribution >= 4 is 29.1 Å². The Balaban J connectivity index is 2.01. The standard InChI is InChI=1S/C16H22Cl2N2O2/c1-19(2)10-16(22)6-3-7-20(11-16)15(21)9-12-4-5-13(17)14(18)8-12/h4-5,8,22H,3,6-7,9-11H2,1-2H3/t16-/m0/s1. The first-order valence-corrected chi connectivity index (χ1v) is 8.13. The summed E-state index contributed by atoms with van der Waals surface area (Å²) < 4.78 is 0. The smallest absolute Gasteiger partial charge is 0.227 e. The summed E-state index contributed by atoms with van der Waals surface area (Å²) in [5.74, 6) is 0.00951. The molecule has 0 saturated carbocycles. The van der Waals surface area contributed by atoms with Gasteiger partial charge in [-0.2, -0.15) is 0 Å². The second-order valence-corrected chi connectivity index (χ2v) is 7.12. The van der Waals surface area contributed by atoms with Crippen LogP contribution >= 0.6 is 23.2 Å². The molecule has 1 aromatic rings. The molecule has 0 aliphatic carbocycles. The number of likely N-dealkylation sites (N-methyl/N-ethyl adjacent to an activating group) is 1. The molecule has 1 aliphatic rings. The normalized spacial score (nSPS) is 22.2. The number of piperidine rings is 1. The molecule has 1 saturated heterocycles. The van der Waals surface area contributed by atoms with Crippen molar-refractivity contribution in [1.29, 1.82) is 0 Å². The highest BCUT2D eigenvalue weighted by atomic mass is 35.5. The number of hydrogen-bond donors (Lipinski definition) is 1. The number of amides is 1. The third-order valence-electron chi connectivity index (χ3n) is 3.86. The van der Waals surface area contributed by atoms with E-state index in [9.17, 15) is 9.90 Å². The molecule has 6 heteroatoms. The average Bonchev–Trinajstić information content (AvgIpc) is 2.41. The van der Waals surface area contributed by atoms with Crippen molar-refractivity contribution in [2.45, 2.75) is 24.9 Å². The number of hydrogen-bond acceptors (Lipinski definition) is 3. The molecular formula is C16H22Cl2N2O2. The van der Waals surface area contributed by atoms with Gasteiger partial charge in [0.25, 0.3) is 0 Å². The summed E-state index contributed by atoms with van der Waals surface area (Å²) in [6, 6.07) is 5.23. The van der Waals surface area contributed by atoms with E-state index in [4.69, 9.17) is 23.2 Å². The Labute approximate surface area is 141 Å². The zero-order chi connectivity index (χ0) is 16.3. The molecule has 1 atom stereocenters. The minimum atomic E-state index is -0.824. The number of aliphatic hydroxyl groups is 1. The molecule has 1 amide bonds. The maximum atomic E-state index is 12.5. The summed E-state index contributed by atoms with van der Waals surface area (Å²) in [5.41, 5.74) is 0.0100. The number of carbonyl (C=O) groups is 1. The van der Waals surface area contributed by atoms with Crippen LogP contribution in [0.25, 0.3) is 0 Å². The Kier molecular flexibility index (Phi) is 5.72. The van der Waals surface area contributed by atoms with Crippen LogP contribution in [-0.4, -0.2) is 60.1 Å². The Morgan fingerprint density at radius 1 is 1.36 bits per heavy atom. The topological polar surface area (TPSA) is 43.8 Å².